The van der Waals surface area contributed by atoms with Gasteiger partial charge in [0.1, 0.15) is 0 Å². The predicted molar refractivity (Wildman–Crippen MR) is 71.5 cm³/mol. The molecule has 0 aliphatic carbocycles. The molecular formula is C12H10ClN3O4. The van der Waals surface area contributed by atoms with E-state index in [0.29, 0.717) is 11.4 Å². The standard InChI is InChI=1S/C12H10ClN3O4/c1-7-5-11(15-12(13)14-7)20-9-4-3-8(16(17)18)6-10(9)19-2/h3-6H,1-2H3. The number of nitro benzene ring substituents is 1. The van der Waals surface area contributed by atoms with E-state index in [1.807, 2.05) is 0 Å². The summed E-state index contributed by atoms with van der Waals surface area (Å²) in [5.41, 5.74) is 0.548. The summed E-state index contributed by atoms with van der Waals surface area (Å²) in [5, 5.41) is 10.8. The third-order valence-electron chi connectivity index (χ3n) is 2.38. The van der Waals surface area contributed by atoms with E-state index >= 15 is 0 Å². The highest BCUT2D eigenvalue weighted by molar-refractivity contribution is 6.28. The summed E-state index contributed by atoms with van der Waals surface area (Å²) >= 11 is 5.73. The van der Waals surface area contributed by atoms with Crippen LogP contribution in [-0.4, -0.2) is 22.0 Å². The second kappa shape index (κ2) is 5.70. The van der Waals surface area contributed by atoms with E-state index in [4.69, 9.17) is 21.1 Å². The Labute approximate surface area is 119 Å². The molecule has 2 rings (SSSR count). The molecule has 0 saturated heterocycles. The maximum atomic E-state index is 10.7. The molecule has 1 aromatic heterocycles. The fourth-order valence-corrected chi connectivity index (χ4v) is 1.74. The maximum Gasteiger partial charge on any atom is 0.273 e. The molecule has 0 atom stereocenters. The minimum Gasteiger partial charge on any atom is -0.493 e. The van der Waals surface area contributed by atoms with Crippen LogP contribution < -0.4 is 9.47 Å². The van der Waals surface area contributed by atoms with Gasteiger partial charge in [-0.2, -0.15) is 4.98 Å². The first-order valence-electron chi connectivity index (χ1n) is 5.51. The fourth-order valence-electron chi connectivity index (χ4n) is 1.52. The summed E-state index contributed by atoms with van der Waals surface area (Å²) in [6.07, 6.45) is 0. The van der Waals surface area contributed by atoms with E-state index < -0.39 is 4.92 Å². The molecule has 8 heteroatoms. The van der Waals surface area contributed by atoms with Gasteiger partial charge in [-0.15, -0.1) is 0 Å². The largest absolute Gasteiger partial charge is 0.493 e. The third-order valence-corrected chi connectivity index (χ3v) is 2.55. The van der Waals surface area contributed by atoms with Crippen molar-refractivity contribution in [1.82, 2.24) is 9.97 Å². The average molecular weight is 296 g/mol. The lowest BCUT2D eigenvalue weighted by molar-refractivity contribution is -0.384. The Morgan fingerprint density at radius 3 is 2.60 bits per heavy atom. The van der Waals surface area contributed by atoms with Crippen LogP contribution in [0.25, 0.3) is 0 Å². The number of nitro groups is 1. The first-order chi connectivity index (χ1) is 9.49. The zero-order valence-corrected chi connectivity index (χ0v) is 11.4. The molecule has 0 fully saturated rings. The number of rotatable bonds is 4. The van der Waals surface area contributed by atoms with Crippen molar-refractivity contribution in [3.8, 4) is 17.4 Å². The first-order valence-corrected chi connectivity index (χ1v) is 5.89. The molecule has 104 valence electrons. The Morgan fingerprint density at radius 2 is 2.00 bits per heavy atom. The van der Waals surface area contributed by atoms with Gasteiger partial charge in [0.2, 0.25) is 11.2 Å². The predicted octanol–water partition coefficient (Wildman–Crippen LogP) is 3.15. The molecule has 0 amide bonds. The Bertz CT molecular complexity index is 643. The van der Waals surface area contributed by atoms with Crippen molar-refractivity contribution in [3.63, 3.8) is 0 Å². The molecule has 7 nitrogen and oxygen atoms in total. The number of non-ortho nitro benzene ring substituents is 1. The Kier molecular flexibility index (Phi) is 3.99. The lowest BCUT2D eigenvalue weighted by atomic mass is 10.3. The Morgan fingerprint density at radius 1 is 1.25 bits per heavy atom. The maximum absolute atomic E-state index is 10.7. The smallest absolute Gasteiger partial charge is 0.273 e. The summed E-state index contributed by atoms with van der Waals surface area (Å²) in [5.74, 6) is 0.758. The van der Waals surface area contributed by atoms with Crippen LogP contribution in [-0.2, 0) is 0 Å². The van der Waals surface area contributed by atoms with Crippen LogP contribution in [0, 0.1) is 17.0 Å². The van der Waals surface area contributed by atoms with E-state index in [1.165, 1.54) is 25.3 Å². The minimum absolute atomic E-state index is 0.0564. The minimum atomic E-state index is -0.516. The number of hydrogen-bond donors (Lipinski definition) is 0. The molecule has 0 radical (unpaired) electrons. The van der Waals surface area contributed by atoms with Crippen molar-refractivity contribution in [2.75, 3.05) is 7.11 Å². The van der Waals surface area contributed by atoms with Gasteiger partial charge in [0.25, 0.3) is 5.69 Å². The van der Waals surface area contributed by atoms with Gasteiger partial charge in [0, 0.05) is 17.8 Å². The molecule has 20 heavy (non-hydrogen) atoms. The highest BCUT2D eigenvalue weighted by Crippen LogP contribution is 2.34. The van der Waals surface area contributed by atoms with Gasteiger partial charge in [0.15, 0.2) is 11.5 Å². The number of halogens is 1. The van der Waals surface area contributed by atoms with Crippen molar-refractivity contribution < 1.29 is 14.4 Å². The van der Waals surface area contributed by atoms with Gasteiger partial charge in [-0.05, 0) is 24.6 Å². The van der Waals surface area contributed by atoms with Crippen molar-refractivity contribution in [1.29, 1.82) is 0 Å². The van der Waals surface area contributed by atoms with Crippen LogP contribution >= 0.6 is 11.6 Å². The molecular weight excluding hydrogens is 286 g/mol. The summed E-state index contributed by atoms with van der Waals surface area (Å²) in [6.45, 7) is 1.74. The molecule has 0 saturated carbocycles. The van der Waals surface area contributed by atoms with Crippen LogP contribution in [0.2, 0.25) is 5.28 Å². The van der Waals surface area contributed by atoms with E-state index in [-0.39, 0.29) is 22.6 Å². The number of nitrogens with zero attached hydrogens (tertiary/aromatic N) is 3. The van der Waals surface area contributed by atoms with Gasteiger partial charge in [-0.3, -0.25) is 10.1 Å². The SMILES string of the molecule is COc1cc([N+](=O)[O-])ccc1Oc1cc(C)nc(Cl)n1. The van der Waals surface area contributed by atoms with Crippen LogP contribution in [0.15, 0.2) is 24.3 Å². The normalized spacial score (nSPS) is 10.2. The van der Waals surface area contributed by atoms with Crippen LogP contribution in [0.4, 0.5) is 5.69 Å². The molecule has 0 spiro atoms. The van der Waals surface area contributed by atoms with E-state index in [1.54, 1.807) is 13.0 Å². The summed E-state index contributed by atoms with van der Waals surface area (Å²) in [4.78, 5) is 18.0. The van der Waals surface area contributed by atoms with Gasteiger partial charge < -0.3 is 9.47 Å². The zero-order valence-electron chi connectivity index (χ0n) is 10.7. The summed E-state index contributed by atoms with van der Waals surface area (Å²) in [6, 6.07) is 5.60. The van der Waals surface area contributed by atoms with Gasteiger partial charge >= 0.3 is 0 Å². The van der Waals surface area contributed by atoms with Crippen molar-refractivity contribution in [3.05, 3.63) is 45.4 Å². The number of methoxy groups -OCH3 is 1. The molecule has 2 aromatic rings. The lowest BCUT2D eigenvalue weighted by Gasteiger charge is -2.09. The number of aromatic nitrogens is 2. The quantitative estimate of drug-likeness (QED) is 0.489. The molecule has 0 N–H and O–H groups in total. The van der Waals surface area contributed by atoms with Crippen molar-refractivity contribution >= 4 is 17.3 Å². The number of hydrogen-bond acceptors (Lipinski definition) is 6. The van der Waals surface area contributed by atoms with Crippen LogP contribution in [0.5, 0.6) is 17.4 Å². The number of aryl methyl sites for hydroxylation is 1. The highest BCUT2D eigenvalue weighted by atomic mass is 35.5. The third kappa shape index (κ3) is 3.12. The molecule has 0 aliphatic heterocycles. The Balaban J connectivity index is 2.35. The van der Waals surface area contributed by atoms with Gasteiger partial charge in [-0.1, -0.05) is 0 Å². The topological polar surface area (TPSA) is 87.4 Å². The van der Waals surface area contributed by atoms with E-state index in [9.17, 15) is 10.1 Å². The van der Waals surface area contributed by atoms with Crippen molar-refractivity contribution in [2.45, 2.75) is 6.92 Å². The lowest BCUT2D eigenvalue weighted by Crippen LogP contribution is -1.96. The van der Waals surface area contributed by atoms with Crippen LogP contribution in [0.3, 0.4) is 0 Å². The van der Waals surface area contributed by atoms with Crippen molar-refractivity contribution in [2.24, 2.45) is 0 Å². The molecule has 0 bridgehead atoms. The summed E-state index contributed by atoms with van der Waals surface area (Å²) in [7, 11) is 1.39. The summed E-state index contributed by atoms with van der Waals surface area (Å²) < 4.78 is 10.6. The van der Waals surface area contributed by atoms with E-state index in [2.05, 4.69) is 9.97 Å². The number of ether oxygens (including phenoxy) is 2. The fraction of sp³-hybridized carbons (Fsp3) is 0.167. The van der Waals surface area contributed by atoms with Gasteiger partial charge in [-0.25, -0.2) is 4.98 Å². The highest BCUT2D eigenvalue weighted by Gasteiger charge is 2.14. The second-order valence-corrected chi connectivity index (χ2v) is 4.15. The molecule has 0 unspecified atom stereocenters. The monoisotopic (exact) mass is 295 g/mol. The molecule has 1 heterocycles. The average Bonchev–Trinajstić information content (AvgIpc) is 2.37. The van der Waals surface area contributed by atoms with E-state index in [0.717, 1.165) is 0 Å². The number of benzene rings is 1. The van der Waals surface area contributed by atoms with Gasteiger partial charge in [0.05, 0.1) is 18.1 Å². The van der Waals surface area contributed by atoms with Crippen LogP contribution in [0.1, 0.15) is 5.69 Å². The first kappa shape index (κ1) is 14.0. The molecule has 1 aromatic carbocycles. The zero-order chi connectivity index (χ0) is 14.7. The Hall–Kier alpha value is -2.41. The molecule has 0 aliphatic rings. The second-order valence-electron chi connectivity index (χ2n) is 3.81.